The Morgan fingerprint density at radius 3 is 2.02 bits per heavy atom. The number of para-hydroxylation sites is 3. The molecule has 0 bridgehead atoms. The summed E-state index contributed by atoms with van der Waals surface area (Å²) >= 11 is 1.86. The fourth-order valence-corrected chi connectivity index (χ4v) is 9.74. The molecule has 0 atom stereocenters. The van der Waals surface area contributed by atoms with E-state index in [0.717, 1.165) is 66.4 Å². The Labute approximate surface area is 319 Å². The van der Waals surface area contributed by atoms with Gasteiger partial charge in [-0.05, 0) is 71.8 Å². The van der Waals surface area contributed by atoms with E-state index >= 15 is 0 Å². The highest BCUT2D eigenvalue weighted by atomic mass is 32.1. The summed E-state index contributed by atoms with van der Waals surface area (Å²) in [7, 11) is 0. The van der Waals surface area contributed by atoms with Gasteiger partial charge in [-0.25, -0.2) is 9.97 Å². The molecule has 5 heteroatoms. The number of furan rings is 1. The van der Waals surface area contributed by atoms with E-state index in [9.17, 15) is 0 Å². The Hall–Kier alpha value is -7.08. The van der Waals surface area contributed by atoms with Gasteiger partial charge in [0.05, 0.1) is 27.6 Å². The Bertz CT molecular complexity index is 3480. The predicted molar refractivity (Wildman–Crippen MR) is 230 cm³/mol. The Kier molecular flexibility index (Phi) is 6.47. The van der Waals surface area contributed by atoms with Crippen LogP contribution in [0.1, 0.15) is 0 Å². The molecule has 0 N–H and O–H groups in total. The molecule has 4 nitrogen and oxygen atoms in total. The molecule has 0 spiro atoms. The molecule has 8 aromatic carbocycles. The van der Waals surface area contributed by atoms with Crippen LogP contribution in [-0.4, -0.2) is 14.5 Å². The molecule has 0 radical (unpaired) electrons. The Morgan fingerprint density at radius 1 is 0.455 bits per heavy atom. The first kappa shape index (κ1) is 30.4. The molecule has 12 rings (SSSR count). The first-order valence-electron chi connectivity index (χ1n) is 18.5. The van der Waals surface area contributed by atoms with Crippen molar-refractivity contribution >= 4 is 86.2 Å². The normalized spacial score (nSPS) is 12.0. The van der Waals surface area contributed by atoms with Crippen LogP contribution in [0.2, 0.25) is 0 Å². The summed E-state index contributed by atoms with van der Waals surface area (Å²) < 4.78 is 11.3. The number of hydrogen-bond donors (Lipinski definition) is 0. The first-order valence-corrected chi connectivity index (χ1v) is 19.3. The zero-order valence-corrected chi connectivity index (χ0v) is 30.2. The monoisotopic (exact) mass is 719 g/mol. The number of rotatable bonds is 4. The van der Waals surface area contributed by atoms with Gasteiger partial charge >= 0.3 is 0 Å². The third kappa shape index (κ3) is 4.57. The summed E-state index contributed by atoms with van der Waals surface area (Å²) in [6, 6.07) is 62.3. The maximum absolute atomic E-state index is 6.33. The van der Waals surface area contributed by atoms with Crippen LogP contribution in [0.4, 0.5) is 0 Å². The lowest BCUT2D eigenvalue weighted by atomic mass is 9.99. The molecule has 0 amide bonds. The molecule has 0 fully saturated rings. The number of thiophene rings is 1. The molecule has 55 heavy (non-hydrogen) atoms. The minimum atomic E-state index is 0.699. The summed E-state index contributed by atoms with van der Waals surface area (Å²) in [5.74, 6) is 0.699. The molecular weight excluding hydrogens is 691 g/mol. The van der Waals surface area contributed by atoms with Gasteiger partial charge in [-0.1, -0.05) is 115 Å². The third-order valence-electron chi connectivity index (χ3n) is 11.0. The van der Waals surface area contributed by atoms with E-state index < -0.39 is 0 Å². The van der Waals surface area contributed by atoms with Gasteiger partial charge < -0.3 is 8.98 Å². The quantitative estimate of drug-likeness (QED) is 0.182. The average Bonchev–Trinajstić information content (AvgIpc) is 3.93. The van der Waals surface area contributed by atoms with E-state index in [2.05, 4.69) is 162 Å². The summed E-state index contributed by atoms with van der Waals surface area (Å²) in [5, 5.41) is 8.31. The minimum Gasteiger partial charge on any atom is -0.456 e. The number of nitrogens with zero attached hydrogens (tertiary/aromatic N) is 3. The van der Waals surface area contributed by atoms with Gasteiger partial charge in [0, 0.05) is 58.5 Å². The highest BCUT2D eigenvalue weighted by Crippen LogP contribution is 2.42. The van der Waals surface area contributed by atoms with Gasteiger partial charge in [-0.2, -0.15) is 0 Å². The highest BCUT2D eigenvalue weighted by molar-refractivity contribution is 7.26. The summed E-state index contributed by atoms with van der Waals surface area (Å²) in [5.41, 5.74) is 11.5. The third-order valence-corrected chi connectivity index (χ3v) is 12.3. The molecule has 12 aromatic rings. The smallest absolute Gasteiger partial charge is 0.160 e. The second kappa shape index (κ2) is 11.7. The van der Waals surface area contributed by atoms with E-state index in [-0.39, 0.29) is 0 Å². The van der Waals surface area contributed by atoms with Gasteiger partial charge in [0.1, 0.15) is 11.2 Å². The molecule has 4 aromatic heterocycles. The number of hydrogen-bond acceptors (Lipinski definition) is 4. The van der Waals surface area contributed by atoms with Crippen LogP contribution in [0.25, 0.3) is 114 Å². The van der Waals surface area contributed by atoms with Crippen LogP contribution < -0.4 is 0 Å². The first-order chi connectivity index (χ1) is 27.3. The average molecular weight is 720 g/mol. The van der Waals surface area contributed by atoms with Crippen LogP contribution in [-0.2, 0) is 0 Å². The summed E-state index contributed by atoms with van der Waals surface area (Å²) in [4.78, 5) is 10.3. The van der Waals surface area contributed by atoms with E-state index in [1.54, 1.807) is 0 Å². The largest absolute Gasteiger partial charge is 0.456 e. The maximum atomic E-state index is 6.33. The topological polar surface area (TPSA) is 43.9 Å². The molecule has 0 saturated carbocycles. The van der Waals surface area contributed by atoms with Crippen molar-refractivity contribution in [1.29, 1.82) is 0 Å². The lowest BCUT2D eigenvalue weighted by Crippen LogP contribution is -1.97. The van der Waals surface area contributed by atoms with Crippen molar-refractivity contribution in [1.82, 2.24) is 14.5 Å². The second-order valence-electron chi connectivity index (χ2n) is 14.1. The molecule has 256 valence electrons. The Balaban J connectivity index is 0.975. The molecule has 4 heterocycles. The SMILES string of the molecule is c1ccc2c(-c3ccc(-c4cccc5c4sc4ccccc45)cc3)nc(-c3ccc(-n4c5ccccc5c5ccc6oc7ccccc7c6c54)cc3)nc2c1. The van der Waals surface area contributed by atoms with Crippen molar-refractivity contribution in [2.75, 3.05) is 0 Å². The molecule has 0 aliphatic rings. The number of fused-ring (bicyclic) bond motifs is 11. The summed E-state index contributed by atoms with van der Waals surface area (Å²) in [6.45, 7) is 0. The minimum absolute atomic E-state index is 0.699. The van der Waals surface area contributed by atoms with Gasteiger partial charge in [-0.15, -0.1) is 11.3 Å². The van der Waals surface area contributed by atoms with Crippen molar-refractivity contribution in [2.45, 2.75) is 0 Å². The van der Waals surface area contributed by atoms with Crippen LogP contribution in [0.5, 0.6) is 0 Å². The molecule has 0 saturated heterocycles. The van der Waals surface area contributed by atoms with Crippen molar-refractivity contribution in [3.8, 4) is 39.5 Å². The van der Waals surface area contributed by atoms with Gasteiger partial charge in [0.25, 0.3) is 0 Å². The highest BCUT2D eigenvalue weighted by Gasteiger charge is 2.19. The van der Waals surface area contributed by atoms with E-state index in [1.807, 2.05) is 29.5 Å². The lowest BCUT2D eigenvalue weighted by molar-refractivity contribution is 0.669. The number of benzene rings is 8. The van der Waals surface area contributed by atoms with Crippen LogP contribution in [0.15, 0.2) is 180 Å². The lowest BCUT2D eigenvalue weighted by Gasteiger charge is -2.12. The van der Waals surface area contributed by atoms with E-state index in [0.29, 0.717) is 5.82 Å². The number of aromatic nitrogens is 3. The van der Waals surface area contributed by atoms with Crippen molar-refractivity contribution in [2.24, 2.45) is 0 Å². The predicted octanol–water partition coefficient (Wildman–Crippen LogP) is 14.0. The van der Waals surface area contributed by atoms with Crippen LogP contribution >= 0.6 is 11.3 Å². The maximum Gasteiger partial charge on any atom is 0.160 e. The molecule has 0 aliphatic heterocycles. The van der Waals surface area contributed by atoms with Crippen LogP contribution in [0.3, 0.4) is 0 Å². The van der Waals surface area contributed by atoms with Gasteiger partial charge in [-0.3, -0.25) is 0 Å². The van der Waals surface area contributed by atoms with E-state index in [4.69, 9.17) is 14.4 Å². The second-order valence-corrected chi connectivity index (χ2v) is 15.2. The summed E-state index contributed by atoms with van der Waals surface area (Å²) in [6.07, 6.45) is 0. The van der Waals surface area contributed by atoms with Crippen molar-refractivity contribution in [3.63, 3.8) is 0 Å². The van der Waals surface area contributed by atoms with Crippen LogP contribution in [0, 0.1) is 0 Å². The van der Waals surface area contributed by atoms with E-state index in [1.165, 1.54) is 42.1 Å². The fraction of sp³-hybridized carbons (Fsp3) is 0. The fourth-order valence-electron chi connectivity index (χ4n) is 8.50. The zero-order valence-electron chi connectivity index (χ0n) is 29.4. The van der Waals surface area contributed by atoms with Gasteiger partial charge in [0.2, 0.25) is 0 Å². The van der Waals surface area contributed by atoms with Gasteiger partial charge in [0.15, 0.2) is 5.82 Å². The molecule has 0 aliphatic carbocycles. The molecule has 0 unspecified atom stereocenters. The van der Waals surface area contributed by atoms with Crippen molar-refractivity contribution in [3.05, 3.63) is 176 Å². The standard InChI is InChI=1S/C50H29N3OS/c1-5-16-41-39(12-1)47(31-22-20-30(21-23-31)34-14-9-15-38-36-11-4-8-19-45(36)55-49(34)38)52-50(51-41)32-24-26-33(27-25-32)53-42-17-6-2-10-35(42)37-28-29-44-46(48(37)53)40-13-3-7-18-43(40)54-44/h1-29H. The Morgan fingerprint density at radius 2 is 1.15 bits per heavy atom. The zero-order chi connectivity index (χ0) is 36.0. The molecular formula is C50H29N3OS. The van der Waals surface area contributed by atoms with Crippen molar-refractivity contribution < 1.29 is 4.42 Å².